The molecule has 4 heteroatoms. The van der Waals surface area contributed by atoms with Crippen LogP contribution in [0.15, 0.2) is 18.3 Å². The quantitative estimate of drug-likeness (QED) is 0.662. The van der Waals surface area contributed by atoms with Gasteiger partial charge in [-0.15, -0.1) is 0 Å². The Labute approximate surface area is 89.9 Å². The summed E-state index contributed by atoms with van der Waals surface area (Å²) in [5, 5.41) is 0. The Balaban J connectivity index is 2.76. The number of nitrogens with zero attached hydrogens (tertiary/aromatic N) is 2. The van der Waals surface area contributed by atoms with Crippen molar-refractivity contribution in [3.63, 3.8) is 0 Å². The number of ether oxygens (including phenoxy) is 1. The summed E-state index contributed by atoms with van der Waals surface area (Å²) >= 11 is 0. The summed E-state index contributed by atoms with van der Waals surface area (Å²) in [6.45, 7) is 4.33. The van der Waals surface area contributed by atoms with E-state index in [9.17, 15) is 4.79 Å². The van der Waals surface area contributed by atoms with Crippen molar-refractivity contribution in [3.8, 4) is 0 Å². The molecule has 0 radical (unpaired) electrons. The largest absolute Gasteiger partial charge is 0.383 e. The van der Waals surface area contributed by atoms with Crippen LogP contribution in [0.5, 0.6) is 0 Å². The van der Waals surface area contributed by atoms with E-state index in [0.29, 0.717) is 12.2 Å². The smallest absolute Gasteiger partial charge is 0.150 e. The molecule has 0 aliphatic rings. The molecule has 0 saturated heterocycles. The van der Waals surface area contributed by atoms with Crippen LogP contribution in [0.3, 0.4) is 0 Å². The molecule has 0 amide bonds. The van der Waals surface area contributed by atoms with Gasteiger partial charge in [-0.25, -0.2) is 4.98 Å². The first-order valence-electron chi connectivity index (χ1n) is 4.97. The number of pyridine rings is 1. The average molecular weight is 208 g/mol. The van der Waals surface area contributed by atoms with E-state index in [1.165, 1.54) is 0 Å². The first-order chi connectivity index (χ1) is 7.31. The van der Waals surface area contributed by atoms with Crippen LogP contribution in [0.4, 0.5) is 5.82 Å². The summed E-state index contributed by atoms with van der Waals surface area (Å²) in [4.78, 5) is 16.9. The Bertz CT molecular complexity index is 315. The van der Waals surface area contributed by atoms with Crippen LogP contribution >= 0.6 is 0 Å². The summed E-state index contributed by atoms with van der Waals surface area (Å²) in [5.41, 5.74) is 0.649. The minimum Gasteiger partial charge on any atom is -0.383 e. The van der Waals surface area contributed by atoms with Gasteiger partial charge in [0.1, 0.15) is 12.1 Å². The lowest BCUT2D eigenvalue weighted by atomic mass is 10.3. The van der Waals surface area contributed by atoms with Gasteiger partial charge in [-0.05, 0) is 19.1 Å². The van der Waals surface area contributed by atoms with Gasteiger partial charge >= 0.3 is 0 Å². The molecule has 15 heavy (non-hydrogen) atoms. The maximum atomic E-state index is 10.6. The normalized spacial score (nSPS) is 10.0. The summed E-state index contributed by atoms with van der Waals surface area (Å²) in [5.74, 6) is 0.819. The second-order valence-corrected chi connectivity index (χ2v) is 3.14. The third-order valence-corrected chi connectivity index (χ3v) is 2.18. The summed E-state index contributed by atoms with van der Waals surface area (Å²) < 4.78 is 5.01. The van der Waals surface area contributed by atoms with Crippen LogP contribution in [0.25, 0.3) is 0 Å². The number of aromatic nitrogens is 1. The van der Waals surface area contributed by atoms with Gasteiger partial charge in [-0.3, -0.25) is 4.79 Å². The highest BCUT2D eigenvalue weighted by Gasteiger charge is 2.05. The van der Waals surface area contributed by atoms with Gasteiger partial charge in [0.15, 0.2) is 0 Å². The Kier molecular flexibility index (Phi) is 4.77. The Morgan fingerprint density at radius 3 is 3.00 bits per heavy atom. The summed E-state index contributed by atoms with van der Waals surface area (Å²) in [6.07, 6.45) is 2.48. The van der Waals surface area contributed by atoms with E-state index >= 15 is 0 Å². The van der Waals surface area contributed by atoms with Crippen molar-refractivity contribution in [3.05, 3.63) is 23.9 Å². The van der Waals surface area contributed by atoms with Crippen LogP contribution in [-0.4, -0.2) is 38.1 Å². The third-order valence-electron chi connectivity index (χ3n) is 2.18. The number of hydrogen-bond acceptors (Lipinski definition) is 4. The van der Waals surface area contributed by atoms with Crippen molar-refractivity contribution in [2.75, 3.05) is 31.7 Å². The number of rotatable bonds is 6. The van der Waals surface area contributed by atoms with Crippen molar-refractivity contribution < 1.29 is 9.53 Å². The van der Waals surface area contributed by atoms with Crippen molar-refractivity contribution in [2.24, 2.45) is 0 Å². The predicted octanol–water partition coefficient (Wildman–Crippen LogP) is 1.37. The van der Waals surface area contributed by atoms with Crippen LogP contribution in [0.1, 0.15) is 17.3 Å². The maximum Gasteiger partial charge on any atom is 0.150 e. The average Bonchev–Trinajstić information content (AvgIpc) is 2.30. The number of carbonyl (C=O) groups excluding carboxylic acids is 1. The minimum absolute atomic E-state index is 0.649. The molecule has 1 heterocycles. The summed E-state index contributed by atoms with van der Waals surface area (Å²) in [7, 11) is 1.67. The number of hydrogen-bond donors (Lipinski definition) is 0. The molecule has 0 saturated carbocycles. The van der Waals surface area contributed by atoms with Crippen LogP contribution in [-0.2, 0) is 4.74 Å². The van der Waals surface area contributed by atoms with Crippen LogP contribution in [0, 0.1) is 0 Å². The highest BCUT2D eigenvalue weighted by molar-refractivity contribution is 5.76. The molecule has 0 aromatic carbocycles. The molecule has 0 aliphatic heterocycles. The molecule has 0 bridgehead atoms. The molecule has 1 aromatic heterocycles. The van der Waals surface area contributed by atoms with Crippen LogP contribution in [0.2, 0.25) is 0 Å². The second kappa shape index (κ2) is 6.14. The zero-order valence-electron chi connectivity index (χ0n) is 9.14. The molecule has 0 aliphatic carbocycles. The van der Waals surface area contributed by atoms with Gasteiger partial charge in [0, 0.05) is 32.0 Å². The molecule has 1 rings (SSSR count). The fraction of sp³-hybridized carbons (Fsp3) is 0.455. The molecule has 0 spiro atoms. The first kappa shape index (κ1) is 11.7. The molecule has 0 unspecified atom stereocenters. The van der Waals surface area contributed by atoms with Gasteiger partial charge < -0.3 is 9.64 Å². The third kappa shape index (κ3) is 3.32. The monoisotopic (exact) mass is 208 g/mol. The Morgan fingerprint density at radius 2 is 2.40 bits per heavy atom. The molecule has 0 N–H and O–H groups in total. The van der Waals surface area contributed by atoms with E-state index in [-0.39, 0.29) is 0 Å². The fourth-order valence-corrected chi connectivity index (χ4v) is 1.32. The lowest BCUT2D eigenvalue weighted by Crippen LogP contribution is -2.27. The van der Waals surface area contributed by atoms with Crippen molar-refractivity contribution >= 4 is 12.1 Å². The molecule has 0 atom stereocenters. The van der Waals surface area contributed by atoms with E-state index in [1.54, 1.807) is 25.4 Å². The first-order valence-corrected chi connectivity index (χ1v) is 4.97. The molecule has 0 fully saturated rings. The van der Waals surface area contributed by atoms with E-state index in [1.807, 2.05) is 6.92 Å². The van der Waals surface area contributed by atoms with E-state index in [0.717, 1.165) is 25.2 Å². The number of anilines is 1. The Hall–Kier alpha value is -1.42. The van der Waals surface area contributed by atoms with Crippen molar-refractivity contribution in [2.45, 2.75) is 6.92 Å². The van der Waals surface area contributed by atoms with Crippen LogP contribution < -0.4 is 4.90 Å². The molecule has 4 nitrogen and oxygen atoms in total. The number of likely N-dealkylation sites (N-methyl/N-ethyl adjacent to an activating group) is 1. The van der Waals surface area contributed by atoms with Gasteiger partial charge in [0.25, 0.3) is 0 Å². The van der Waals surface area contributed by atoms with Gasteiger partial charge in [0.05, 0.1) is 6.61 Å². The van der Waals surface area contributed by atoms with Crippen molar-refractivity contribution in [1.29, 1.82) is 0 Å². The highest BCUT2D eigenvalue weighted by Crippen LogP contribution is 2.10. The number of aldehydes is 1. The molecular weight excluding hydrogens is 192 g/mol. The fourth-order valence-electron chi connectivity index (χ4n) is 1.32. The minimum atomic E-state index is 0.649. The topological polar surface area (TPSA) is 42.4 Å². The summed E-state index contributed by atoms with van der Waals surface area (Å²) in [6, 6.07) is 3.48. The van der Waals surface area contributed by atoms with E-state index in [4.69, 9.17) is 4.74 Å². The Morgan fingerprint density at radius 1 is 1.60 bits per heavy atom. The zero-order chi connectivity index (χ0) is 11.1. The highest BCUT2D eigenvalue weighted by atomic mass is 16.5. The van der Waals surface area contributed by atoms with E-state index in [2.05, 4.69) is 9.88 Å². The maximum absolute atomic E-state index is 10.6. The lowest BCUT2D eigenvalue weighted by Gasteiger charge is -2.21. The zero-order valence-corrected chi connectivity index (χ0v) is 9.14. The second-order valence-electron chi connectivity index (χ2n) is 3.14. The van der Waals surface area contributed by atoms with Gasteiger partial charge in [-0.2, -0.15) is 0 Å². The standard InChI is InChI=1S/C11H16N2O2/c1-3-13(6-7-15-2)11-8-10(9-14)4-5-12-11/h4-5,8-9H,3,6-7H2,1-2H3. The van der Waals surface area contributed by atoms with Gasteiger partial charge in [-0.1, -0.05) is 0 Å². The lowest BCUT2D eigenvalue weighted by molar-refractivity contribution is 0.112. The predicted molar refractivity (Wildman–Crippen MR) is 59.4 cm³/mol. The molecule has 82 valence electrons. The van der Waals surface area contributed by atoms with Crippen molar-refractivity contribution in [1.82, 2.24) is 4.98 Å². The number of methoxy groups -OCH3 is 1. The van der Waals surface area contributed by atoms with Gasteiger partial charge in [0.2, 0.25) is 0 Å². The molecule has 1 aromatic rings. The number of carbonyl (C=O) groups is 1. The van der Waals surface area contributed by atoms with E-state index < -0.39 is 0 Å². The SMILES string of the molecule is CCN(CCOC)c1cc(C=O)ccn1. The molecular formula is C11H16N2O2.